The molecule has 0 radical (unpaired) electrons. The van der Waals surface area contributed by atoms with Gasteiger partial charge in [0.2, 0.25) is 5.90 Å². The Morgan fingerprint density at radius 2 is 2.00 bits per heavy atom. The first kappa shape index (κ1) is 15.6. The van der Waals surface area contributed by atoms with E-state index in [-0.39, 0.29) is 11.8 Å². The standard InChI is InChI=1S/C18H16BrN3O/c1-22(2)13-6-7-14-16(9-13)23-18(21)15(10-20)17(14)11-4-3-5-12(19)8-11/h3-9,15,17,21H,1-2H3. The van der Waals surface area contributed by atoms with Crippen LogP contribution in [0.25, 0.3) is 0 Å². The first-order chi connectivity index (χ1) is 11.0. The number of fused-ring (bicyclic) bond motifs is 1. The van der Waals surface area contributed by atoms with Crippen molar-refractivity contribution in [1.82, 2.24) is 0 Å². The summed E-state index contributed by atoms with van der Waals surface area (Å²) in [6.45, 7) is 0. The van der Waals surface area contributed by atoms with E-state index in [1.165, 1.54) is 0 Å². The summed E-state index contributed by atoms with van der Waals surface area (Å²) >= 11 is 3.48. The lowest BCUT2D eigenvalue weighted by atomic mass is 9.79. The second-order valence-electron chi connectivity index (χ2n) is 5.72. The van der Waals surface area contributed by atoms with Crippen LogP contribution < -0.4 is 9.64 Å². The fourth-order valence-corrected chi connectivity index (χ4v) is 3.28. The van der Waals surface area contributed by atoms with Crippen molar-refractivity contribution in [1.29, 1.82) is 10.7 Å². The van der Waals surface area contributed by atoms with Gasteiger partial charge in [-0.1, -0.05) is 34.1 Å². The summed E-state index contributed by atoms with van der Waals surface area (Å²) in [5.74, 6) is -0.175. The minimum absolute atomic E-state index is 0.000816. The van der Waals surface area contributed by atoms with Gasteiger partial charge in [-0.25, -0.2) is 0 Å². The van der Waals surface area contributed by atoms with Crippen LogP contribution in [0.2, 0.25) is 0 Å². The molecule has 4 nitrogen and oxygen atoms in total. The quantitative estimate of drug-likeness (QED) is 0.864. The zero-order chi connectivity index (χ0) is 16.6. The SMILES string of the molecule is CN(C)c1ccc2c(c1)OC(=N)C(C#N)C2c1cccc(Br)c1. The van der Waals surface area contributed by atoms with Crippen molar-refractivity contribution in [3.8, 4) is 11.8 Å². The lowest BCUT2D eigenvalue weighted by Gasteiger charge is -2.31. The van der Waals surface area contributed by atoms with Gasteiger partial charge in [0.1, 0.15) is 11.7 Å². The Bertz CT molecular complexity index is 810. The van der Waals surface area contributed by atoms with Crippen LogP contribution in [0.15, 0.2) is 46.9 Å². The molecule has 0 bridgehead atoms. The maximum atomic E-state index is 9.54. The molecule has 0 spiro atoms. The topological polar surface area (TPSA) is 60.1 Å². The molecule has 116 valence electrons. The molecule has 0 saturated heterocycles. The number of nitrogens with one attached hydrogen (secondary N) is 1. The molecule has 1 N–H and O–H groups in total. The highest BCUT2D eigenvalue weighted by atomic mass is 79.9. The number of halogens is 1. The van der Waals surface area contributed by atoms with Gasteiger partial charge in [-0.2, -0.15) is 5.26 Å². The Morgan fingerprint density at radius 3 is 2.65 bits per heavy atom. The van der Waals surface area contributed by atoms with Crippen LogP contribution in [0.5, 0.6) is 5.75 Å². The lowest BCUT2D eigenvalue weighted by Crippen LogP contribution is -2.31. The summed E-state index contributed by atoms with van der Waals surface area (Å²) in [6.07, 6.45) is 0. The molecule has 3 rings (SSSR count). The zero-order valence-electron chi connectivity index (χ0n) is 12.9. The van der Waals surface area contributed by atoms with E-state index in [1.54, 1.807) is 0 Å². The van der Waals surface area contributed by atoms with E-state index >= 15 is 0 Å². The van der Waals surface area contributed by atoms with E-state index in [0.717, 1.165) is 21.3 Å². The first-order valence-electron chi connectivity index (χ1n) is 7.24. The number of hydrogen-bond donors (Lipinski definition) is 1. The predicted molar refractivity (Wildman–Crippen MR) is 94.2 cm³/mol. The van der Waals surface area contributed by atoms with Gasteiger partial charge in [0.25, 0.3) is 0 Å². The van der Waals surface area contributed by atoms with E-state index in [4.69, 9.17) is 10.1 Å². The maximum absolute atomic E-state index is 9.54. The minimum Gasteiger partial charge on any atom is -0.442 e. The summed E-state index contributed by atoms with van der Waals surface area (Å²) in [4.78, 5) is 1.98. The average Bonchev–Trinajstić information content (AvgIpc) is 2.52. The number of rotatable bonds is 2. The number of benzene rings is 2. The van der Waals surface area contributed by atoms with Crippen molar-refractivity contribution in [3.05, 3.63) is 58.1 Å². The van der Waals surface area contributed by atoms with Crippen molar-refractivity contribution in [3.63, 3.8) is 0 Å². The van der Waals surface area contributed by atoms with Gasteiger partial charge in [-0.15, -0.1) is 0 Å². The van der Waals surface area contributed by atoms with Crippen molar-refractivity contribution in [2.24, 2.45) is 5.92 Å². The van der Waals surface area contributed by atoms with Gasteiger partial charge in [-0.3, -0.25) is 5.41 Å². The molecule has 0 fully saturated rings. The van der Waals surface area contributed by atoms with E-state index in [9.17, 15) is 5.26 Å². The zero-order valence-corrected chi connectivity index (χ0v) is 14.5. The molecule has 1 heterocycles. The van der Waals surface area contributed by atoms with Crippen LogP contribution in [0.1, 0.15) is 17.0 Å². The van der Waals surface area contributed by atoms with Crippen molar-refractivity contribution in [2.45, 2.75) is 5.92 Å². The molecule has 0 aliphatic carbocycles. The number of hydrogen-bond acceptors (Lipinski definition) is 4. The summed E-state index contributed by atoms with van der Waals surface area (Å²) in [5, 5.41) is 17.7. The Balaban J connectivity index is 2.17. The van der Waals surface area contributed by atoms with Crippen LogP contribution in [0.3, 0.4) is 0 Å². The monoisotopic (exact) mass is 369 g/mol. The average molecular weight is 370 g/mol. The van der Waals surface area contributed by atoms with Gasteiger partial charge >= 0.3 is 0 Å². The predicted octanol–water partition coefficient (Wildman–Crippen LogP) is 4.16. The summed E-state index contributed by atoms with van der Waals surface area (Å²) in [6, 6.07) is 16.0. The van der Waals surface area contributed by atoms with Crippen molar-refractivity contribution < 1.29 is 4.74 Å². The van der Waals surface area contributed by atoms with E-state index in [2.05, 4.69) is 22.0 Å². The second-order valence-corrected chi connectivity index (χ2v) is 6.64. The number of nitrogens with zero attached hydrogens (tertiary/aromatic N) is 2. The van der Waals surface area contributed by atoms with Gasteiger partial charge in [0.15, 0.2) is 0 Å². The summed E-state index contributed by atoms with van der Waals surface area (Å²) in [7, 11) is 3.92. The van der Waals surface area contributed by atoms with Gasteiger partial charge < -0.3 is 9.64 Å². The van der Waals surface area contributed by atoms with Crippen LogP contribution in [-0.4, -0.2) is 20.0 Å². The van der Waals surface area contributed by atoms with Crippen LogP contribution in [-0.2, 0) is 0 Å². The molecule has 0 aromatic heterocycles. The largest absolute Gasteiger partial charge is 0.442 e. The Morgan fingerprint density at radius 1 is 1.22 bits per heavy atom. The van der Waals surface area contributed by atoms with Gasteiger partial charge in [0, 0.05) is 41.8 Å². The van der Waals surface area contributed by atoms with Crippen LogP contribution >= 0.6 is 15.9 Å². The van der Waals surface area contributed by atoms with Crippen LogP contribution in [0, 0.1) is 22.7 Å². The van der Waals surface area contributed by atoms with Gasteiger partial charge in [0.05, 0.1) is 6.07 Å². The third-order valence-electron chi connectivity index (χ3n) is 4.03. The Labute approximate surface area is 143 Å². The number of nitriles is 1. The highest BCUT2D eigenvalue weighted by Gasteiger charge is 2.37. The van der Waals surface area contributed by atoms with E-state index < -0.39 is 5.92 Å². The fraction of sp³-hybridized carbons (Fsp3) is 0.222. The fourth-order valence-electron chi connectivity index (χ4n) is 2.86. The Hall–Kier alpha value is -2.32. The van der Waals surface area contributed by atoms with Gasteiger partial charge in [-0.05, 0) is 23.8 Å². The Kier molecular flexibility index (Phi) is 4.10. The second kappa shape index (κ2) is 6.05. The molecular weight excluding hydrogens is 354 g/mol. The highest BCUT2D eigenvalue weighted by Crippen LogP contribution is 2.43. The van der Waals surface area contributed by atoms with Crippen LogP contribution in [0.4, 0.5) is 5.69 Å². The molecule has 2 aromatic rings. The molecule has 5 heteroatoms. The summed E-state index contributed by atoms with van der Waals surface area (Å²) in [5.41, 5.74) is 2.94. The molecule has 1 aliphatic heterocycles. The van der Waals surface area contributed by atoms with Crippen molar-refractivity contribution >= 4 is 27.5 Å². The lowest BCUT2D eigenvalue weighted by molar-refractivity contribution is 0.450. The number of anilines is 1. The third kappa shape index (κ3) is 2.82. The molecule has 0 saturated carbocycles. The molecule has 1 aliphatic rings. The smallest absolute Gasteiger partial charge is 0.205 e. The first-order valence-corrected chi connectivity index (χ1v) is 8.03. The molecule has 2 unspecified atom stereocenters. The normalized spacial score (nSPS) is 19.5. The molecule has 0 amide bonds. The highest BCUT2D eigenvalue weighted by molar-refractivity contribution is 9.10. The maximum Gasteiger partial charge on any atom is 0.205 e. The molecular formula is C18H16BrN3O. The molecule has 2 atom stereocenters. The molecule has 2 aromatic carbocycles. The third-order valence-corrected chi connectivity index (χ3v) is 4.52. The summed E-state index contributed by atoms with van der Waals surface area (Å²) < 4.78 is 6.59. The van der Waals surface area contributed by atoms with E-state index in [0.29, 0.717) is 5.75 Å². The minimum atomic E-state index is -0.623. The molecule has 23 heavy (non-hydrogen) atoms. The van der Waals surface area contributed by atoms with E-state index in [1.807, 2.05) is 61.5 Å². The van der Waals surface area contributed by atoms with Crippen molar-refractivity contribution in [2.75, 3.05) is 19.0 Å². The number of ether oxygens (including phenoxy) is 1.